The van der Waals surface area contributed by atoms with Crippen LogP contribution in [0.4, 0.5) is 11.6 Å². The van der Waals surface area contributed by atoms with Gasteiger partial charge in [0.1, 0.15) is 0 Å². The first kappa shape index (κ1) is 20.9. The molecule has 2 aromatic carbocycles. The van der Waals surface area contributed by atoms with Gasteiger partial charge in [0.05, 0.1) is 17.6 Å². The van der Waals surface area contributed by atoms with Crippen LogP contribution in [0.15, 0.2) is 40.9 Å². The quantitative estimate of drug-likeness (QED) is 0.495. The summed E-state index contributed by atoms with van der Waals surface area (Å²) in [5, 5.41) is 10.9. The number of aromatic nitrogens is 4. The van der Waals surface area contributed by atoms with Crippen molar-refractivity contribution in [1.29, 1.82) is 0 Å². The van der Waals surface area contributed by atoms with Crippen LogP contribution in [0.3, 0.4) is 0 Å². The predicted molar refractivity (Wildman–Crippen MR) is 119 cm³/mol. The zero-order chi connectivity index (χ0) is 21.8. The van der Waals surface area contributed by atoms with Crippen LogP contribution in [0.1, 0.15) is 18.1 Å². The molecule has 31 heavy (non-hydrogen) atoms. The van der Waals surface area contributed by atoms with Crippen molar-refractivity contribution in [2.24, 2.45) is 0 Å². The van der Waals surface area contributed by atoms with Crippen LogP contribution in [0.25, 0.3) is 0 Å². The molecule has 162 valence electrons. The van der Waals surface area contributed by atoms with Gasteiger partial charge in [-0.05, 0) is 69.0 Å². The maximum Gasteiger partial charge on any atom is 0.264 e. The number of halogens is 1. The van der Waals surface area contributed by atoms with Crippen LogP contribution < -0.4 is 25.5 Å². The first-order chi connectivity index (χ1) is 15.1. The lowest BCUT2D eigenvalue weighted by molar-refractivity contribution is -0.120. The van der Waals surface area contributed by atoms with Crippen molar-refractivity contribution >= 4 is 33.5 Å². The van der Waals surface area contributed by atoms with Gasteiger partial charge in [0.2, 0.25) is 0 Å². The molecule has 1 amide bonds. The number of hydrogen-bond acceptors (Lipinski definition) is 8. The van der Waals surface area contributed by atoms with Gasteiger partial charge in [0.15, 0.2) is 18.1 Å². The number of nitrogens with one attached hydrogen (secondary N) is 1. The highest BCUT2D eigenvalue weighted by Gasteiger charge is 2.25. The van der Waals surface area contributed by atoms with E-state index in [2.05, 4.69) is 36.9 Å². The van der Waals surface area contributed by atoms with Crippen molar-refractivity contribution in [3.63, 3.8) is 0 Å². The molecule has 3 aromatic rings. The van der Waals surface area contributed by atoms with Crippen LogP contribution in [-0.4, -0.2) is 46.0 Å². The molecule has 0 fully saturated rings. The molecule has 0 spiro atoms. The summed E-state index contributed by atoms with van der Waals surface area (Å²) in [5.41, 5.74) is 11.7. The van der Waals surface area contributed by atoms with E-state index >= 15 is 0 Å². The molecule has 0 radical (unpaired) electrons. The molecule has 0 saturated carbocycles. The Morgan fingerprint density at radius 1 is 1.29 bits per heavy atom. The summed E-state index contributed by atoms with van der Waals surface area (Å²) in [5.74, 6) is 1.08. The fourth-order valence-corrected chi connectivity index (χ4v) is 4.01. The number of tetrazole rings is 1. The van der Waals surface area contributed by atoms with E-state index in [0.29, 0.717) is 35.7 Å². The third kappa shape index (κ3) is 4.55. The monoisotopic (exact) mass is 487 g/mol. The molecule has 1 aromatic heterocycles. The second-order valence-corrected chi connectivity index (χ2v) is 7.69. The largest absolute Gasteiger partial charge is 0.490 e. The van der Waals surface area contributed by atoms with E-state index in [4.69, 9.17) is 15.2 Å². The summed E-state index contributed by atoms with van der Waals surface area (Å²) in [6.07, 6.45) is 0.851. The lowest BCUT2D eigenvalue weighted by atomic mass is 10.2. The standard InChI is InChI=1S/C20H22BrN7O3/c1-2-30-17-10-13(11-23-28-20(22)24-25-26-28)9-15(21)19(17)31-12-18(29)27-8-7-14-5-3-4-6-16(14)27/h3-6,9-10,23H,2,7-8,11-12H2,1H3,(H2,22,24,26). The van der Waals surface area contributed by atoms with E-state index in [9.17, 15) is 4.79 Å². The van der Waals surface area contributed by atoms with Gasteiger partial charge in [-0.2, -0.15) is 0 Å². The maximum absolute atomic E-state index is 12.8. The van der Waals surface area contributed by atoms with Crippen molar-refractivity contribution < 1.29 is 14.3 Å². The number of rotatable bonds is 8. The Balaban J connectivity index is 1.46. The molecule has 2 heterocycles. The number of carbonyl (C=O) groups is 1. The maximum atomic E-state index is 12.8. The molecule has 4 rings (SSSR count). The molecule has 10 nitrogen and oxygen atoms in total. The summed E-state index contributed by atoms with van der Waals surface area (Å²) in [4.78, 5) is 15.8. The Hall–Kier alpha value is -3.34. The average Bonchev–Trinajstić information content (AvgIpc) is 3.37. The van der Waals surface area contributed by atoms with E-state index < -0.39 is 0 Å². The molecule has 0 bridgehead atoms. The van der Waals surface area contributed by atoms with Crippen LogP contribution in [0.5, 0.6) is 11.5 Å². The highest BCUT2D eigenvalue weighted by molar-refractivity contribution is 9.10. The predicted octanol–water partition coefficient (Wildman–Crippen LogP) is 2.13. The number of anilines is 2. The second kappa shape index (κ2) is 9.21. The van der Waals surface area contributed by atoms with Gasteiger partial charge in [-0.15, -0.1) is 4.79 Å². The van der Waals surface area contributed by atoms with E-state index in [0.717, 1.165) is 17.7 Å². The third-order valence-corrected chi connectivity index (χ3v) is 5.41. The Kier molecular flexibility index (Phi) is 6.21. The normalized spacial score (nSPS) is 12.5. The van der Waals surface area contributed by atoms with Gasteiger partial charge < -0.3 is 25.5 Å². The minimum absolute atomic E-state index is 0.0915. The number of amides is 1. The number of para-hydroxylation sites is 1. The lowest BCUT2D eigenvalue weighted by Gasteiger charge is -2.19. The van der Waals surface area contributed by atoms with Gasteiger partial charge in [0, 0.05) is 12.2 Å². The third-order valence-electron chi connectivity index (χ3n) is 4.82. The summed E-state index contributed by atoms with van der Waals surface area (Å²) < 4.78 is 12.3. The first-order valence-corrected chi connectivity index (χ1v) is 10.6. The Bertz CT molecular complexity index is 1090. The van der Waals surface area contributed by atoms with Gasteiger partial charge in [0.25, 0.3) is 11.9 Å². The number of nitrogens with zero attached hydrogens (tertiary/aromatic N) is 5. The molecule has 1 aliphatic rings. The van der Waals surface area contributed by atoms with Crippen LogP contribution in [0, 0.1) is 0 Å². The van der Waals surface area contributed by atoms with E-state index in [1.54, 1.807) is 4.90 Å². The molecular weight excluding hydrogens is 466 g/mol. The van der Waals surface area contributed by atoms with Crippen molar-refractivity contribution in [2.75, 3.05) is 35.8 Å². The molecule has 1 aliphatic heterocycles. The summed E-state index contributed by atoms with van der Waals surface area (Å²) in [6, 6.07) is 11.6. The summed E-state index contributed by atoms with van der Waals surface area (Å²) in [7, 11) is 0. The van der Waals surface area contributed by atoms with Crippen molar-refractivity contribution in [3.05, 3.63) is 52.0 Å². The molecule has 0 unspecified atom stereocenters. The molecule has 0 saturated heterocycles. The van der Waals surface area contributed by atoms with E-state index in [-0.39, 0.29) is 18.5 Å². The zero-order valence-electron chi connectivity index (χ0n) is 16.9. The first-order valence-electron chi connectivity index (χ1n) is 9.81. The van der Waals surface area contributed by atoms with Crippen molar-refractivity contribution in [3.8, 4) is 11.5 Å². The number of nitrogens with two attached hydrogens (primary N) is 1. The van der Waals surface area contributed by atoms with Gasteiger partial charge in [-0.3, -0.25) is 4.79 Å². The van der Waals surface area contributed by atoms with Crippen molar-refractivity contribution in [2.45, 2.75) is 19.9 Å². The fraction of sp³-hybridized carbons (Fsp3) is 0.300. The number of carbonyl (C=O) groups excluding carboxylic acids is 1. The summed E-state index contributed by atoms with van der Waals surface area (Å²) in [6.45, 7) is 3.30. The Labute approximate surface area is 187 Å². The van der Waals surface area contributed by atoms with E-state index in [1.807, 2.05) is 43.3 Å². The second-order valence-electron chi connectivity index (χ2n) is 6.83. The van der Waals surface area contributed by atoms with E-state index in [1.165, 1.54) is 10.4 Å². The molecular formula is C20H22BrN7O3. The highest BCUT2D eigenvalue weighted by atomic mass is 79.9. The average molecular weight is 488 g/mol. The molecule has 0 atom stereocenters. The van der Waals surface area contributed by atoms with Crippen LogP contribution in [-0.2, 0) is 17.8 Å². The minimum atomic E-state index is -0.0980. The summed E-state index contributed by atoms with van der Waals surface area (Å²) >= 11 is 3.53. The Morgan fingerprint density at radius 2 is 2.13 bits per heavy atom. The number of fused-ring (bicyclic) bond motifs is 1. The fourth-order valence-electron chi connectivity index (χ4n) is 3.41. The topological polar surface area (TPSA) is 120 Å². The number of ether oxygens (including phenoxy) is 2. The van der Waals surface area contributed by atoms with Crippen LogP contribution >= 0.6 is 15.9 Å². The SMILES string of the molecule is CCOc1cc(CNn2nnnc2N)cc(Br)c1OCC(=O)N1CCc2ccccc21. The smallest absolute Gasteiger partial charge is 0.264 e. The molecule has 11 heteroatoms. The number of nitrogen functional groups attached to an aromatic ring is 1. The Morgan fingerprint density at radius 3 is 2.90 bits per heavy atom. The van der Waals surface area contributed by atoms with Gasteiger partial charge >= 0.3 is 0 Å². The van der Waals surface area contributed by atoms with Gasteiger partial charge in [-0.1, -0.05) is 23.3 Å². The number of hydrogen-bond donors (Lipinski definition) is 2. The zero-order valence-corrected chi connectivity index (χ0v) is 18.5. The van der Waals surface area contributed by atoms with Crippen LogP contribution in [0.2, 0.25) is 0 Å². The lowest BCUT2D eigenvalue weighted by Crippen LogP contribution is -2.33. The van der Waals surface area contributed by atoms with Gasteiger partial charge in [-0.25, -0.2) is 0 Å². The highest BCUT2D eigenvalue weighted by Crippen LogP contribution is 2.37. The molecule has 0 aliphatic carbocycles. The molecule has 3 N–H and O–H groups in total. The minimum Gasteiger partial charge on any atom is -0.490 e. The number of benzene rings is 2. The van der Waals surface area contributed by atoms with Crippen molar-refractivity contribution in [1.82, 2.24) is 20.3 Å².